The number of piperidine rings is 1. The van der Waals surface area contributed by atoms with Crippen LogP contribution in [0.3, 0.4) is 0 Å². The number of benzene rings is 2. The largest absolute Gasteiger partial charge is 0.494 e. The second-order valence-corrected chi connectivity index (χ2v) is 9.54. The van der Waals surface area contributed by atoms with Crippen LogP contribution in [0.1, 0.15) is 43.2 Å². The van der Waals surface area contributed by atoms with Crippen LogP contribution in [0.5, 0.6) is 11.5 Å². The maximum atomic E-state index is 7.58. The van der Waals surface area contributed by atoms with E-state index in [9.17, 15) is 0 Å². The first-order chi connectivity index (χ1) is 16.5. The Hall–Kier alpha value is -2.71. The predicted molar refractivity (Wildman–Crippen MR) is 141 cm³/mol. The van der Waals surface area contributed by atoms with Crippen molar-refractivity contribution < 1.29 is 9.47 Å². The third kappa shape index (κ3) is 7.95. The molecule has 1 saturated heterocycles. The molecule has 1 heterocycles. The first-order valence-corrected chi connectivity index (χ1v) is 13.1. The van der Waals surface area contributed by atoms with Crippen LogP contribution >= 0.6 is 11.8 Å². The lowest BCUT2D eigenvalue weighted by molar-refractivity contribution is 0.161. The fourth-order valence-electron chi connectivity index (χ4n) is 4.22. The van der Waals surface area contributed by atoms with Gasteiger partial charge in [-0.2, -0.15) is 0 Å². The summed E-state index contributed by atoms with van der Waals surface area (Å²) in [5, 5.41) is 15.0. The van der Waals surface area contributed by atoms with Gasteiger partial charge < -0.3 is 25.8 Å². The smallest absolute Gasteiger partial charge is 0.132 e. The van der Waals surface area contributed by atoms with E-state index in [-0.39, 0.29) is 11.7 Å². The van der Waals surface area contributed by atoms with Gasteiger partial charge in [0.25, 0.3) is 0 Å². The molecule has 8 heteroatoms. The highest BCUT2D eigenvalue weighted by Crippen LogP contribution is 2.29. The highest BCUT2D eigenvalue weighted by atomic mass is 32.2. The van der Waals surface area contributed by atoms with E-state index in [1.807, 2.05) is 48.7 Å². The average molecular weight is 484 g/mol. The average Bonchev–Trinajstić information content (AvgIpc) is 2.85. The quantitative estimate of drug-likeness (QED) is 0.146. The molecule has 0 unspecified atom stereocenters. The molecule has 184 valence electrons. The van der Waals surface area contributed by atoms with Gasteiger partial charge in [0.15, 0.2) is 0 Å². The molecule has 7 nitrogen and oxygen atoms in total. The van der Waals surface area contributed by atoms with Crippen LogP contribution in [0.2, 0.25) is 0 Å². The van der Waals surface area contributed by atoms with E-state index in [0.29, 0.717) is 6.61 Å². The summed E-state index contributed by atoms with van der Waals surface area (Å²) in [6, 6.07) is 13.1. The Morgan fingerprint density at radius 3 is 2.24 bits per heavy atom. The number of hydrogen-bond acceptors (Lipinski definition) is 6. The third-order valence-electron chi connectivity index (χ3n) is 6.25. The zero-order valence-corrected chi connectivity index (χ0v) is 20.8. The summed E-state index contributed by atoms with van der Waals surface area (Å²) >= 11 is 1.61. The van der Waals surface area contributed by atoms with Crippen molar-refractivity contribution in [1.82, 2.24) is 4.90 Å². The number of thioether (sulfide) groups is 1. The fraction of sp³-hybridized carbons (Fsp3) is 0.462. The first-order valence-electron chi connectivity index (χ1n) is 11.9. The minimum atomic E-state index is 0.0793. The maximum absolute atomic E-state index is 7.58. The van der Waals surface area contributed by atoms with Crippen molar-refractivity contribution in [1.29, 1.82) is 10.8 Å². The first kappa shape index (κ1) is 25.9. The molecule has 0 saturated carbocycles. The van der Waals surface area contributed by atoms with E-state index in [0.717, 1.165) is 72.5 Å². The molecule has 0 atom stereocenters. The van der Waals surface area contributed by atoms with Gasteiger partial charge in [-0.05, 0) is 99.8 Å². The highest BCUT2D eigenvalue weighted by molar-refractivity contribution is 7.98. The molecule has 2 aromatic rings. The SMILES string of the molecule is CSc1cc(C(=N)N)ccc1OCCCN1CCC(CCCOc2ccc(C(=N)N)cc2)CC1. The van der Waals surface area contributed by atoms with Gasteiger partial charge in [0, 0.05) is 22.6 Å². The van der Waals surface area contributed by atoms with Gasteiger partial charge in [-0.1, -0.05) is 0 Å². The molecular formula is C26H37N5O2S. The molecule has 1 aliphatic rings. The molecule has 6 N–H and O–H groups in total. The Kier molecular flexibility index (Phi) is 10.1. The van der Waals surface area contributed by atoms with E-state index in [4.69, 9.17) is 31.8 Å². The summed E-state index contributed by atoms with van der Waals surface area (Å²) in [4.78, 5) is 3.56. The summed E-state index contributed by atoms with van der Waals surface area (Å²) in [7, 11) is 0. The maximum Gasteiger partial charge on any atom is 0.132 e. The molecule has 0 radical (unpaired) electrons. The Morgan fingerprint density at radius 1 is 0.941 bits per heavy atom. The molecule has 2 aromatic carbocycles. The summed E-state index contributed by atoms with van der Waals surface area (Å²) in [6.45, 7) is 4.79. The second kappa shape index (κ2) is 13.2. The van der Waals surface area contributed by atoms with Gasteiger partial charge in [-0.25, -0.2) is 0 Å². The van der Waals surface area contributed by atoms with E-state index < -0.39 is 0 Å². The lowest BCUT2D eigenvalue weighted by atomic mass is 9.92. The van der Waals surface area contributed by atoms with Crippen LogP contribution in [0.25, 0.3) is 0 Å². The molecule has 0 bridgehead atoms. The fourth-order valence-corrected chi connectivity index (χ4v) is 4.79. The minimum Gasteiger partial charge on any atom is -0.494 e. The lowest BCUT2D eigenvalue weighted by Gasteiger charge is -2.32. The zero-order chi connectivity index (χ0) is 24.3. The molecule has 1 fully saturated rings. The minimum absolute atomic E-state index is 0.0793. The molecule has 0 amide bonds. The number of nitrogens with one attached hydrogen (secondary N) is 2. The third-order valence-corrected chi connectivity index (χ3v) is 7.01. The molecule has 0 aliphatic carbocycles. The van der Waals surface area contributed by atoms with Crippen molar-refractivity contribution in [2.75, 3.05) is 39.1 Å². The number of ether oxygens (including phenoxy) is 2. The van der Waals surface area contributed by atoms with Gasteiger partial charge >= 0.3 is 0 Å². The number of rotatable bonds is 13. The van der Waals surface area contributed by atoms with Crippen molar-refractivity contribution in [3.8, 4) is 11.5 Å². The number of nitrogens with zero attached hydrogens (tertiary/aromatic N) is 1. The van der Waals surface area contributed by atoms with Crippen LogP contribution in [0.4, 0.5) is 0 Å². The summed E-state index contributed by atoms with van der Waals surface area (Å²) in [6.07, 6.45) is 7.77. The molecule has 1 aliphatic heterocycles. The summed E-state index contributed by atoms with van der Waals surface area (Å²) in [5.41, 5.74) is 12.5. The van der Waals surface area contributed by atoms with Crippen molar-refractivity contribution in [3.63, 3.8) is 0 Å². The van der Waals surface area contributed by atoms with Crippen molar-refractivity contribution in [2.24, 2.45) is 17.4 Å². The lowest BCUT2D eigenvalue weighted by Crippen LogP contribution is -2.35. The highest BCUT2D eigenvalue weighted by Gasteiger charge is 2.18. The van der Waals surface area contributed by atoms with Gasteiger partial charge in [-0.3, -0.25) is 10.8 Å². The Balaban J connectivity index is 1.27. The Labute approximate surface area is 207 Å². The van der Waals surface area contributed by atoms with E-state index in [1.54, 1.807) is 11.8 Å². The monoisotopic (exact) mass is 483 g/mol. The van der Waals surface area contributed by atoms with Crippen LogP contribution in [-0.4, -0.2) is 55.7 Å². The normalized spacial score (nSPS) is 14.6. The predicted octanol–water partition coefficient (Wildman–Crippen LogP) is 4.32. The van der Waals surface area contributed by atoms with Crippen LogP contribution in [0.15, 0.2) is 47.4 Å². The molecule has 34 heavy (non-hydrogen) atoms. The van der Waals surface area contributed by atoms with Crippen molar-refractivity contribution in [2.45, 2.75) is 37.0 Å². The molecule has 0 aromatic heterocycles. The number of hydrogen-bond donors (Lipinski definition) is 4. The van der Waals surface area contributed by atoms with Crippen molar-refractivity contribution in [3.05, 3.63) is 53.6 Å². The summed E-state index contributed by atoms with van der Waals surface area (Å²) in [5.74, 6) is 2.64. The zero-order valence-electron chi connectivity index (χ0n) is 20.0. The number of amidine groups is 2. The van der Waals surface area contributed by atoms with Gasteiger partial charge in [0.1, 0.15) is 23.2 Å². The topological polar surface area (TPSA) is 121 Å². The van der Waals surface area contributed by atoms with Crippen molar-refractivity contribution >= 4 is 23.4 Å². The van der Waals surface area contributed by atoms with Gasteiger partial charge in [0.05, 0.1) is 13.2 Å². The second-order valence-electron chi connectivity index (χ2n) is 8.70. The Morgan fingerprint density at radius 2 is 1.59 bits per heavy atom. The van der Waals surface area contributed by atoms with E-state index >= 15 is 0 Å². The van der Waals surface area contributed by atoms with E-state index in [2.05, 4.69) is 4.90 Å². The van der Waals surface area contributed by atoms with E-state index in [1.165, 1.54) is 19.3 Å². The van der Waals surface area contributed by atoms with Gasteiger partial charge in [0.2, 0.25) is 0 Å². The molecular weight excluding hydrogens is 446 g/mol. The van der Waals surface area contributed by atoms with Crippen LogP contribution in [0, 0.1) is 16.7 Å². The van der Waals surface area contributed by atoms with Gasteiger partial charge in [-0.15, -0.1) is 11.8 Å². The van der Waals surface area contributed by atoms with Crippen LogP contribution in [-0.2, 0) is 0 Å². The molecule has 3 rings (SSSR count). The standard InChI is InChI=1S/C26H37N5O2S/c1-34-24-18-21(26(29)30)7-10-23(24)33-17-3-13-31-14-11-19(12-15-31)4-2-16-32-22-8-5-20(6-9-22)25(27)28/h5-10,18-19H,2-4,11-17H2,1H3,(H3,27,28)(H3,29,30). The molecule has 0 spiro atoms. The number of likely N-dealkylation sites (tertiary alicyclic amines) is 1. The summed E-state index contributed by atoms with van der Waals surface area (Å²) < 4.78 is 11.8. The Bertz CT molecular complexity index is 943. The van der Waals surface area contributed by atoms with Crippen LogP contribution < -0.4 is 20.9 Å². The number of nitrogens with two attached hydrogens (primary N) is 2. The number of nitrogen functional groups attached to an aromatic ring is 2.